The summed E-state index contributed by atoms with van der Waals surface area (Å²) in [5.74, 6) is 1.53. The molecule has 2 atom stereocenters. The number of fused-ring (bicyclic) bond motifs is 6. The van der Waals surface area contributed by atoms with Crippen molar-refractivity contribution in [3.05, 3.63) is 108 Å². The molecule has 1 aliphatic heterocycles. The van der Waals surface area contributed by atoms with Crippen LogP contribution < -0.4 is 19.1 Å². The van der Waals surface area contributed by atoms with Crippen molar-refractivity contribution < 1.29 is 19.0 Å². The molecule has 186 valence electrons. The molecule has 0 bridgehead atoms. The highest BCUT2D eigenvalue weighted by Gasteiger charge is 2.69. The number of anilines is 1. The van der Waals surface area contributed by atoms with Crippen LogP contribution in [-0.4, -0.2) is 36.2 Å². The van der Waals surface area contributed by atoms with Gasteiger partial charge in [-0.1, -0.05) is 54.6 Å². The molecule has 1 fully saturated rings. The first-order valence-electron chi connectivity index (χ1n) is 12.3. The van der Waals surface area contributed by atoms with Crippen LogP contribution in [0.15, 0.2) is 97.1 Å². The van der Waals surface area contributed by atoms with Gasteiger partial charge < -0.3 is 14.2 Å². The molecule has 1 aliphatic carbocycles. The third-order valence-corrected chi connectivity index (χ3v) is 7.32. The predicted octanol–water partition coefficient (Wildman–Crippen LogP) is 5.37. The molecule has 38 heavy (non-hydrogen) atoms. The van der Waals surface area contributed by atoms with E-state index in [4.69, 9.17) is 24.2 Å². The van der Waals surface area contributed by atoms with E-state index in [9.17, 15) is 4.79 Å². The molecule has 4 aromatic carbocycles. The summed E-state index contributed by atoms with van der Waals surface area (Å²) < 4.78 is 17.5. The number of amides is 1. The fourth-order valence-corrected chi connectivity index (χ4v) is 5.68. The number of para-hydroxylation sites is 3. The Kier molecular flexibility index (Phi) is 4.88. The predicted molar refractivity (Wildman–Crippen MR) is 144 cm³/mol. The maximum absolute atomic E-state index is 14.0. The Balaban J connectivity index is 1.51. The number of rotatable bonds is 5. The second kappa shape index (κ2) is 8.31. The van der Waals surface area contributed by atoms with Gasteiger partial charge in [-0.05, 0) is 42.0 Å². The van der Waals surface area contributed by atoms with Crippen molar-refractivity contribution in [2.24, 2.45) is 0 Å². The molecule has 2 heterocycles. The topological polar surface area (TPSA) is 73.8 Å². The summed E-state index contributed by atoms with van der Waals surface area (Å²) >= 11 is 0. The minimum atomic E-state index is -1.03. The molecule has 0 N–H and O–H groups in total. The van der Waals surface area contributed by atoms with E-state index in [1.54, 1.807) is 25.2 Å². The minimum Gasteiger partial charge on any atom is -0.493 e. The lowest BCUT2D eigenvalue weighted by Gasteiger charge is -2.54. The van der Waals surface area contributed by atoms with Gasteiger partial charge in [0.15, 0.2) is 17.0 Å². The Morgan fingerprint density at radius 2 is 1.45 bits per heavy atom. The Hall–Kier alpha value is -4.91. The normalized spacial score (nSPS) is 19.2. The van der Waals surface area contributed by atoms with Gasteiger partial charge in [0.1, 0.15) is 11.4 Å². The number of benzene rings is 4. The number of aromatic nitrogens is 2. The zero-order chi connectivity index (χ0) is 25.9. The Labute approximate surface area is 219 Å². The van der Waals surface area contributed by atoms with Crippen LogP contribution in [0, 0.1) is 0 Å². The maximum Gasteiger partial charge on any atom is 0.272 e. The molecule has 1 amide bonds. The van der Waals surface area contributed by atoms with Crippen molar-refractivity contribution in [2.45, 2.75) is 11.6 Å². The maximum atomic E-state index is 14.0. The fraction of sp³-hybridized carbons (Fsp3) is 0.129. The summed E-state index contributed by atoms with van der Waals surface area (Å²) in [7, 11) is 3.16. The van der Waals surface area contributed by atoms with E-state index in [0.29, 0.717) is 28.6 Å². The third-order valence-electron chi connectivity index (χ3n) is 7.32. The summed E-state index contributed by atoms with van der Waals surface area (Å²) in [5.41, 5.74) is 4.45. The van der Waals surface area contributed by atoms with Gasteiger partial charge in [-0.25, -0.2) is 9.97 Å². The number of nitrogens with zero attached hydrogens (tertiary/aromatic N) is 3. The third kappa shape index (κ3) is 2.93. The van der Waals surface area contributed by atoms with Gasteiger partial charge in [0.2, 0.25) is 6.10 Å². The van der Waals surface area contributed by atoms with E-state index in [2.05, 4.69) is 0 Å². The van der Waals surface area contributed by atoms with Crippen LogP contribution in [-0.2, 0) is 10.3 Å². The highest BCUT2D eigenvalue weighted by molar-refractivity contribution is 6.11. The van der Waals surface area contributed by atoms with E-state index in [1.165, 1.54) is 0 Å². The van der Waals surface area contributed by atoms with Crippen molar-refractivity contribution >= 4 is 22.6 Å². The van der Waals surface area contributed by atoms with Gasteiger partial charge in [-0.2, -0.15) is 0 Å². The lowest BCUT2D eigenvalue weighted by molar-refractivity contribution is -0.139. The largest absolute Gasteiger partial charge is 0.493 e. The highest BCUT2D eigenvalue weighted by Crippen LogP contribution is 2.59. The van der Waals surface area contributed by atoms with Gasteiger partial charge in [0, 0.05) is 17.3 Å². The van der Waals surface area contributed by atoms with E-state index in [0.717, 1.165) is 27.9 Å². The number of carbonyl (C=O) groups excluding carboxylic acids is 1. The van der Waals surface area contributed by atoms with Crippen LogP contribution in [0.4, 0.5) is 5.69 Å². The number of hydrogen-bond donors (Lipinski definition) is 0. The first-order valence-corrected chi connectivity index (χ1v) is 12.3. The molecule has 7 rings (SSSR count). The number of hydrogen-bond acceptors (Lipinski definition) is 6. The molecule has 7 heteroatoms. The molecule has 0 unspecified atom stereocenters. The average molecular weight is 502 g/mol. The van der Waals surface area contributed by atoms with Crippen molar-refractivity contribution in [1.29, 1.82) is 0 Å². The van der Waals surface area contributed by atoms with Gasteiger partial charge in [-0.3, -0.25) is 9.69 Å². The van der Waals surface area contributed by atoms with Crippen molar-refractivity contribution in [2.75, 3.05) is 19.1 Å². The second-order valence-corrected chi connectivity index (χ2v) is 9.25. The summed E-state index contributed by atoms with van der Waals surface area (Å²) in [5, 5.41) is 0. The van der Waals surface area contributed by atoms with Gasteiger partial charge in [0.25, 0.3) is 5.91 Å². The monoisotopic (exact) mass is 501 g/mol. The van der Waals surface area contributed by atoms with Crippen LogP contribution in [0.5, 0.6) is 17.2 Å². The lowest BCUT2D eigenvalue weighted by atomic mass is 9.74. The molecule has 5 aromatic rings. The van der Waals surface area contributed by atoms with Crippen LogP contribution in [0.25, 0.3) is 22.3 Å². The molecule has 1 saturated heterocycles. The molecule has 1 spiro atoms. The van der Waals surface area contributed by atoms with Crippen LogP contribution in [0.1, 0.15) is 11.3 Å². The van der Waals surface area contributed by atoms with E-state index in [-0.39, 0.29) is 5.91 Å². The molecule has 2 aliphatic rings. The Morgan fingerprint density at radius 3 is 2.21 bits per heavy atom. The van der Waals surface area contributed by atoms with Crippen LogP contribution in [0.2, 0.25) is 0 Å². The molecular weight excluding hydrogens is 478 g/mol. The SMILES string of the molecule is COc1ccc(N2C(=O)[C@@H](Oc3ccccc3)[C@]23c2ccccc2-c2nc4ccccc4nc23)cc1OC. The average Bonchev–Trinajstić information content (AvgIpc) is 3.26. The highest BCUT2D eigenvalue weighted by atomic mass is 16.5. The Morgan fingerprint density at radius 1 is 0.763 bits per heavy atom. The van der Waals surface area contributed by atoms with E-state index >= 15 is 0 Å². The standard InChI is InChI=1S/C31H23N3O4/c1-36-25-17-16-19(18-26(25)37-2)34-30(35)29(38-20-10-4-3-5-11-20)31(34)22-13-7-6-12-21(22)27-28(31)33-24-15-9-8-14-23(24)32-27/h3-18,29H,1-2H3/t29-,31-/m1/s1. The van der Waals surface area contributed by atoms with Gasteiger partial charge in [-0.15, -0.1) is 0 Å². The van der Waals surface area contributed by atoms with Crippen molar-refractivity contribution in [3.8, 4) is 28.5 Å². The van der Waals surface area contributed by atoms with E-state index < -0.39 is 11.6 Å². The summed E-state index contributed by atoms with van der Waals surface area (Å²) in [6.45, 7) is 0. The summed E-state index contributed by atoms with van der Waals surface area (Å²) in [6, 6.07) is 30.7. The molecule has 0 saturated carbocycles. The van der Waals surface area contributed by atoms with Crippen molar-refractivity contribution in [3.63, 3.8) is 0 Å². The smallest absolute Gasteiger partial charge is 0.272 e. The number of carbonyl (C=O) groups is 1. The molecule has 7 nitrogen and oxygen atoms in total. The quantitative estimate of drug-likeness (QED) is 0.302. The van der Waals surface area contributed by atoms with E-state index in [1.807, 2.05) is 91.0 Å². The van der Waals surface area contributed by atoms with Crippen LogP contribution >= 0.6 is 0 Å². The fourth-order valence-electron chi connectivity index (χ4n) is 5.68. The molecular formula is C31H23N3O4. The number of methoxy groups -OCH3 is 2. The first-order chi connectivity index (χ1) is 18.7. The number of ether oxygens (including phenoxy) is 3. The minimum absolute atomic E-state index is 0.182. The summed E-state index contributed by atoms with van der Waals surface area (Å²) in [6.07, 6.45) is -0.851. The number of β-lactam (4-membered cyclic amide) rings is 1. The summed E-state index contributed by atoms with van der Waals surface area (Å²) in [4.78, 5) is 26.0. The second-order valence-electron chi connectivity index (χ2n) is 9.25. The van der Waals surface area contributed by atoms with Gasteiger partial charge in [0.05, 0.1) is 30.9 Å². The zero-order valence-corrected chi connectivity index (χ0v) is 20.8. The molecule has 1 aromatic heterocycles. The Bertz CT molecular complexity index is 1720. The van der Waals surface area contributed by atoms with Gasteiger partial charge >= 0.3 is 0 Å². The van der Waals surface area contributed by atoms with Crippen molar-refractivity contribution in [1.82, 2.24) is 9.97 Å². The first kappa shape index (κ1) is 22.3. The zero-order valence-electron chi connectivity index (χ0n) is 20.8. The lowest BCUT2D eigenvalue weighted by Crippen LogP contribution is -2.74. The molecule has 0 radical (unpaired) electrons. The van der Waals surface area contributed by atoms with Crippen LogP contribution in [0.3, 0.4) is 0 Å².